The molecule has 0 saturated heterocycles. The van der Waals surface area contributed by atoms with Crippen LogP contribution in [0.3, 0.4) is 0 Å². The summed E-state index contributed by atoms with van der Waals surface area (Å²) < 4.78 is 27.5. The second-order valence-corrected chi connectivity index (χ2v) is 6.14. The van der Waals surface area contributed by atoms with E-state index >= 15 is 0 Å². The van der Waals surface area contributed by atoms with Crippen LogP contribution in [0, 0.1) is 6.92 Å². The number of pyridine rings is 1. The molecule has 1 aromatic rings. The summed E-state index contributed by atoms with van der Waals surface area (Å²) in [5.41, 5.74) is 1.12. The Morgan fingerprint density at radius 3 is 2.53 bits per heavy atom. The largest absolute Gasteiger partial charge is 0.301 e. The highest BCUT2D eigenvalue weighted by Crippen LogP contribution is 2.18. The summed E-state index contributed by atoms with van der Waals surface area (Å²) in [7, 11) is -2.02. The van der Waals surface area contributed by atoms with Crippen LogP contribution in [-0.2, 0) is 10.2 Å². The Bertz CT molecular complexity index is 502. The molecule has 96 valence electrons. The van der Waals surface area contributed by atoms with Gasteiger partial charge in [0, 0.05) is 13.1 Å². The molecule has 5 nitrogen and oxygen atoms in total. The number of aryl methyl sites for hydroxylation is 1. The molecule has 0 aliphatic carbocycles. The number of nitrogens with zero attached hydrogens (tertiary/aromatic N) is 2. The van der Waals surface area contributed by atoms with E-state index in [2.05, 4.69) is 9.71 Å². The second kappa shape index (κ2) is 5.20. The van der Waals surface area contributed by atoms with Crippen molar-refractivity contribution in [3.63, 3.8) is 0 Å². The first-order valence-corrected chi connectivity index (χ1v) is 6.93. The van der Waals surface area contributed by atoms with Crippen LogP contribution < -0.4 is 4.72 Å². The van der Waals surface area contributed by atoms with Gasteiger partial charge in [-0.05, 0) is 32.4 Å². The topological polar surface area (TPSA) is 62.3 Å². The van der Waals surface area contributed by atoms with E-state index in [0.717, 1.165) is 5.56 Å². The van der Waals surface area contributed by atoms with Gasteiger partial charge < -0.3 is 0 Å². The fraction of sp³-hybridized carbons (Fsp3) is 0.500. The minimum atomic E-state index is -3.54. The smallest absolute Gasteiger partial charge is 0.269 e. The highest BCUT2D eigenvalue weighted by atomic mass is 35.5. The zero-order chi connectivity index (χ0) is 13.2. The standard InChI is InChI=1S/C10H16ClN3O2S/c1-7(2)14(4)17(15,16)13-9-5-8(3)10(11)12-6-9/h5-7,13H,1-4H3. The van der Waals surface area contributed by atoms with Gasteiger partial charge in [-0.25, -0.2) is 4.98 Å². The molecule has 0 saturated carbocycles. The molecule has 0 fully saturated rings. The number of hydrogen-bond donors (Lipinski definition) is 1. The lowest BCUT2D eigenvalue weighted by Crippen LogP contribution is -2.37. The van der Waals surface area contributed by atoms with Gasteiger partial charge in [0.1, 0.15) is 5.15 Å². The lowest BCUT2D eigenvalue weighted by Gasteiger charge is -2.21. The zero-order valence-corrected chi connectivity index (χ0v) is 11.8. The normalized spacial score (nSPS) is 12.2. The van der Waals surface area contributed by atoms with E-state index in [9.17, 15) is 8.42 Å². The van der Waals surface area contributed by atoms with Crippen LogP contribution in [0.2, 0.25) is 5.15 Å². The molecule has 17 heavy (non-hydrogen) atoms. The maximum atomic E-state index is 11.9. The number of halogens is 1. The quantitative estimate of drug-likeness (QED) is 0.857. The number of rotatable bonds is 4. The number of nitrogens with one attached hydrogen (secondary N) is 1. The second-order valence-electron chi connectivity index (χ2n) is 4.05. The van der Waals surface area contributed by atoms with Crippen molar-refractivity contribution in [3.8, 4) is 0 Å². The SMILES string of the molecule is Cc1cc(NS(=O)(=O)N(C)C(C)C)cnc1Cl. The molecule has 0 spiro atoms. The first kappa shape index (κ1) is 14.2. The highest BCUT2D eigenvalue weighted by molar-refractivity contribution is 7.90. The van der Waals surface area contributed by atoms with Crippen LogP contribution in [-0.4, -0.2) is 30.8 Å². The third kappa shape index (κ3) is 3.55. The molecule has 0 atom stereocenters. The highest BCUT2D eigenvalue weighted by Gasteiger charge is 2.20. The molecule has 7 heteroatoms. The van der Waals surface area contributed by atoms with Crippen molar-refractivity contribution in [2.75, 3.05) is 11.8 Å². The molecule has 0 amide bonds. The van der Waals surface area contributed by atoms with Gasteiger partial charge in [-0.2, -0.15) is 12.7 Å². The van der Waals surface area contributed by atoms with E-state index in [-0.39, 0.29) is 6.04 Å². The number of hydrogen-bond acceptors (Lipinski definition) is 3. The number of anilines is 1. The summed E-state index contributed by atoms with van der Waals surface area (Å²) in [5, 5.41) is 0.366. The van der Waals surface area contributed by atoms with Gasteiger partial charge in [-0.15, -0.1) is 0 Å². The van der Waals surface area contributed by atoms with Gasteiger partial charge in [0.25, 0.3) is 0 Å². The van der Waals surface area contributed by atoms with Crippen LogP contribution in [0.1, 0.15) is 19.4 Å². The average Bonchev–Trinajstić information content (AvgIpc) is 2.22. The average molecular weight is 278 g/mol. The van der Waals surface area contributed by atoms with E-state index in [4.69, 9.17) is 11.6 Å². The Kier molecular flexibility index (Phi) is 4.35. The first-order chi connectivity index (χ1) is 7.74. The molecule has 0 radical (unpaired) electrons. The van der Waals surface area contributed by atoms with Gasteiger partial charge in [-0.3, -0.25) is 4.72 Å². The van der Waals surface area contributed by atoms with Crippen LogP contribution in [0.25, 0.3) is 0 Å². The van der Waals surface area contributed by atoms with Gasteiger partial charge in [0.2, 0.25) is 0 Å². The summed E-state index contributed by atoms with van der Waals surface area (Å²) in [6.45, 7) is 5.36. The van der Waals surface area contributed by atoms with Crippen molar-refractivity contribution in [3.05, 3.63) is 23.0 Å². The fourth-order valence-corrected chi connectivity index (χ4v) is 2.32. The Hall–Kier alpha value is -0.850. The van der Waals surface area contributed by atoms with Gasteiger partial charge in [0.15, 0.2) is 0 Å². The Balaban J connectivity index is 2.94. The van der Waals surface area contributed by atoms with E-state index in [1.807, 2.05) is 0 Å². The van der Waals surface area contributed by atoms with E-state index < -0.39 is 10.2 Å². The zero-order valence-electron chi connectivity index (χ0n) is 10.2. The van der Waals surface area contributed by atoms with Crippen LogP contribution in [0.4, 0.5) is 5.69 Å². The molecule has 1 aromatic heterocycles. The van der Waals surface area contributed by atoms with Crippen LogP contribution >= 0.6 is 11.6 Å². The Morgan fingerprint density at radius 2 is 2.06 bits per heavy atom. The van der Waals surface area contributed by atoms with Crippen molar-refractivity contribution in [1.29, 1.82) is 0 Å². The lowest BCUT2D eigenvalue weighted by atomic mass is 10.3. The van der Waals surface area contributed by atoms with Crippen molar-refractivity contribution in [2.45, 2.75) is 26.8 Å². The lowest BCUT2D eigenvalue weighted by molar-refractivity contribution is 0.414. The maximum Gasteiger partial charge on any atom is 0.301 e. The van der Waals surface area contributed by atoms with Gasteiger partial charge >= 0.3 is 10.2 Å². The predicted molar refractivity (Wildman–Crippen MR) is 69.4 cm³/mol. The third-order valence-electron chi connectivity index (χ3n) is 2.37. The Labute approximate surface area is 107 Å². The first-order valence-electron chi connectivity index (χ1n) is 5.12. The molecule has 0 unspecified atom stereocenters. The summed E-state index contributed by atoms with van der Waals surface area (Å²) in [6, 6.07) is 1.52. The molecule has 0 aliphatic rings. The number of aromatic nitrogens is 1. The third-order valence-corrected chi connectivity index (χ3v) is 4.44. The van der Waals surface area contributed by atoms with Crippen molar-refractivity contribution < 1.29 is 8.42 Å². The van der Waals surface area contributed by atoms with Crippen molar-refractivity contribution in [1.82, 2.24) is 9.29 Å². The van der Waals surface area contributed by atoms with E-state index in [0.29, 0.717) is 10.8 Å². The molecule has 0 aromatic carbocycles. The Morgan fingerprint density at radius 1 is 1.47 bits per heavy atom. The molecule has 1 N–H and O–H groups in total. The predicted octanol–water partition coefficient (Wildman–Crippen LogP) is 2.04. The summed E-state index contributed by atoms with van der Waals surface area (Å²) in [4.78, 5) is 3.89. The minimum absolute atomic E-state index is 0.117. The molecule has 1 heterocycles. The summed E-state index contributed by atoms with van der Waals surface area (Å²) in [5.74, 6) is 0. The van der Waals surface area contributed by atoms with Gasteiger partial charge in [-0.1, -0.05) is 11.6 Å². The molecule has 0 bridgehead atoms. The van der Waals surface area contributed by atoms with E-state index in [1.54, 1.807) is 26.8 Å². The molecule has 1 rings (SSSR count). The minimum Gasteiger partial charge on any atom is -0.269 e. The van der Waals surface area contributed by atoms with Gasteiger partial charge in [0.05, 0.1) is 11.9 Å². The van der Waals surface area contributed by atoms with E-state index in [1.165, 1.54) is 17.5 Å². The summed E-state index contributed by atoms with van der Waals surface area (Å²) >= 11 is 5.77. The monoisotopic (exact) mass is 277 g/mol. The fourth-order valence-electron chi connectivity index (χ4n) is 1.11. The molecule has 0 aliphatic heterocycles. The summed E-state index contributed by atoms with van der Waals surface area (Å²) in [6.07, 6.45) is 1.39. The molecular formula is C10H16ClN3O2S. The maximum absolute atomic E-state index is 11.9. The van der Waals surface area contributed by atoms with Crippen LogP contribution in [0.15, 0.2) is 12.3 Å². The molecular weight excluding hydrogens is 262 g/mol. The van der Waals surface area contributed by atoms with Crippen molar-refractivity contribution in [2.24, 2.45) is 0 Å². The van der Waals surface area contributed by atoms with Crippen molar-refractivity contribution >= 4 is 27.5 Å². The van der Waals surface area contributed by atoms with Crippen LogP contribution in [0.5, 0.6) is 0 Å².